The van der Waals surface area contributed by atoms with Gasteiger partial charge in [0.1, 0.15) is 17.9 Å². The van der Waals surface area contributed by atoms with Crippen molar-refractivity contribution in [1.29, 1.82) is 0 Å². The number of rotatable bonds is 5. The van der Waals surface area contributed by atoms with Crippen LogP contribution in [0.1, 0.15) is 21.5 Å². The molecule has 1 aliphatic rings. The Balaban J connectivity index is 1.73. The maximum Gasteiger partial charge on any atom is 0.335 e. The summed E-state index contributed by atoms with van der Waals surface area (Å²) >= 11 is 7.03. The number of halogens is 1. The molecule has 7 nitrogen and oxygen atoms in total. The number of nitrogens with zero attached hydrogens (tertiary/aromatic N) is 1. The van der Waals surface area contributed by atoms with Crippen LogP contribution in [0.25, 0.3) is 6.08 Å². The third-order valence-electron chi connectivity index (χ3n) is 4.17. The number of hydrogen-bond acceptors (Lipinski definition) is 5. The van der Waals surface area contributed by atoms with Crippen LogP contribution in [-0.2, 0) is 16.2 Å². The maximum atomic E-state index is 12.3. The Bertz CT molecular complexity index is 1050. The quantitative estimate of drug-likeness (QED) is 0.272. The van der Waals surface area contributed by atoms with Gasteiger partial charge in [-0.05, 0) is 76.3 Å². The molecule has 2 amide bonds. The van der Waals surface area contributed by atoms with Crippen LogP contribution in [0.4, 0.5) is 0 Å². The lowest BCUT2D eigenvalue weighted by Gasteiger charge is -2.25. The topological polar surface area (TPSA) is 95.9 Å². The molecule has 2 N–H and O–H groups in total. The van der Waals surface area contributed by atoms with Gasteiger partial charge >= 0.3 is 5.97 Å². The Morgan fingerprint density at radius 2 is 1.93 bits per heavy atom. The molecule has 0 bridgehead atoms. The molecule has 29 heavy (non-hydrogen) atoms. The summed E-state index contributed by atoms with van der Waals surface area (Å²) in [6.07, 6.45) is 1.51. The summed E-state index contributed by atoms with van der Waals surface area (Å²) in [5.74, 6) is -1.33. The molecule has 1 saturated heterocycles. The van der Waals surface area contributed by atoms with E-state index in [0.717, 1.165) is 9.13 Å². The summed E-state index contributed by atoms with van der Waals surface area (Å²) in [6.45, 7) is 0.277. The van der Waals surface area contributed by atoms with Crippen LogP contribution in [0.3, 0.4) is 0 Å². The standard InChI is InChI=1S/C20H15IN2O5S/c1-23-18(25)14(17(24)22-20(23)29)8-12-4-7-16(15(21)9-12)28-10-11-2-5-13(6-3-11)19(26)27/h2-9H,10H2,1H3,(H,26,27)(H,22,24,29)/b14-8+. The Morgan fingerprint density at radius 3 is 2.55 bits per heavy atom. The van der Waals surface area contributed by atoms with Crippen molar-refractivity contribution in [1.82, 2.24) is 10.2 Å². The molecule has 0 radical (unpaired) electrons. The van der Waals surface area contributed by atoms with Crippen molar-refractivity contribution < 1.29 is 24.2 Å². The Morgan fingerprint density at radius 1 is 1.24 bits per heavy atom. The number of carbonyl (C=O) groups is 3. The molecule has 1 fully saturated rings. The lowest BCUT2D eigenvalue weighted by Crippen LogP contribution is -2.52. The van der Waals surface area contributed by atoms with Gasteiger partial charge in [-0.25, -0.2) is 4.79 Å². The zero-order valence-corrected chi connectivity index (χ0v) is 18.1. The molecular weight excluding hydrogens is 507 g/mol. The number of likely N-dealkylation sites (N-methyl/N-ethyl adjacent to an activating group) is 1. The molecular formula is C20H15IN2O5S. The van der Waals surface area contributed by atoms with Gasteiger partial charge < -0.3 is 9.84 Å². The summed E-state index contributed by atoms with van der Waals surface area (Å²) in [5.41, 5.74) is 1.73. The molecule has 1 heterocycles. The third-order valence-corrected chi connectivity index (χ3v) is 5.39. The Labute approximate surface area is 185 Å². The number of aromatic carboxylic acids is 1. The van der Waals surface area contributed by atoms with E-state index in [2.05, 4.69) is 27.9 Å². The Kier molecular flexibility index (Phi) is 6.28. The number of nitrogens with one attached hydrogen (secondary N) is 1. The van der Waals surface area contributed by atoms with Crippen molar-refractivity contribution in [3.05, 3.63) is 68.3 Å². The molecule has 2 aromatic rings. The van der Waals surface area contributed by atoms with Crippen molar-refractivity contribution in [2.75, 3.05) is 7.05 Å². The third kappa shape index (κ3) is 4.80. The molecule has 148 valence electrons. The maximum absolute atomic E-state index is 12.3. The summed E-state index contributed by atoms with van der Waals surface area (Å²) in [6, 6.07) is 11.7. The highest BCUT2D eigenvalue weighted by Crippen LogP contribution is 2.25. The van der Waals surface area contributed by atoms with E-state index in [1.54, 1.807) is 30.3 Å². The summed E-state index contributed by atoms with van der Waals surface area (Å²) in [7, 11) is 1.50. The van der Waals surface area contributed by atoms with Crippen LogP contribution in [0.5, 0.6) is 5.75 Å². The number of benzene rings is 2. The highest BCUT2D eigenvalue weighted by atomic mass is 127. The average molecular weight is 522 g/mol. The normalized spacial score (nSPS) is 15.4. The first-order valence-corrected chi connectivity index (χ1v) is 9.84. The number of carbonyl (C=O) groups excluding carboxylic acids is 2. The van der Waals surface area contributed by atoms with Crippen LogP contribution < -0.4 is 10.1 Å². The van der Waals surface area contributed by atoms with Crippen LogP contribution >= 0.6 is 34.8 Å². The van der Waals surface area contributed by atoms with E-state index in [9.17, 15) is 14.4 Å². The van der Waals surface area contributed by atoms with Crippen molar-refractivity contribution in [3.8, 4) is 5.75 Å². The molecule has 0 saturated carbocycles. The van der Waals surface area contributed by atoms with E-state index in [1.807, 2.05) is 0 Å². The molecule has 9 heteroatoms. The summed E-state index contributed by atoms with van der Waals surface area (Å²) in [5, 5.41) is 11.5. The van der Waals surface area contributed by atoms with Gasteiger partial charge in [-0.2, -0.15) is 0 Å². The van der Waals surface area contributed by atoms with Crippen LogP contribution in [-0.4, -0.2) is 40.0 Å². The van der Waals surface area contributed by atoms with E-state index in [-0.39, 0.29) is 22.9 Å². The lowest BCUT2D eigenvalue weighted by atomic mass is 10.1. The van der Waals surface area contributed by atoms with E-state index in [0.29, 0.717) is 11.3 Å². The molecule has 0 aromatic heterocycles. The number of carboxylic acid groups (broad SMARTS) is 1. The largest absolute Gasteiger partial charge is 0.488 e. The van der Waals surface area contributed by atoms with E-state index in [1.165, 1.54) is 30.2 Å². The fraction of sp³-hybridized carbons (Fsp3) is 0.100. The number of amides is 2. The highest BCUT2D eigenvalue weighted by molar-refractivity contribution is 14.1. The van der Waals surface area contributed by atoms with Crippen molar-refractivity contribution in [3.63, 3.8) is 0 Å². The smallest absolute Gasteiger partial charge is 0.335 e. The van der Waals surface area contributed by atoms with E-state index < -0.39 is 17.8 Å². The number of ether oxygens (including phenoxy) is 1. The number of carboxylic acids is 1. The van der Waals surface area contributed by atoms with Crippen LogP contribution in [0.15, 0.2) is 48.0 Å². The fourth-order valence-corrected chi connectivity index (χ4v) is 3.41. The van der Waals surface area contributed by atoms with Crippen molar-refractivity contribution in [2.24, 2.45) is 0 Å². The molecule has 1 aliphatic heterocycles. The molecule has 0 unspecified atom stereocenters. The first-order valence-electron chi connectivity index (χ1n) is 8.36. The van der Waals surface area contributed by atoms with Crippen molar-refractivity contribution >= 4 is 63.8 Å². The van der Waals surface area contributed by atoms with Gasteiger partial charge in [-0.15, -0.1) is 0 Å². The minimum atomic E-state index is -0.977. The minimum Gasteiger partial charge on any atom is -0.488 e. The summed E-state index contributed by atoms with van der Waals surface area (Å²) < 4.78 is 6.59. The molecule has 2 aromatic carbocycles. The Hall–Kier alpha value is -2.79. The zero-order chi connectivity index (χ0) is 21.1. The fourth-order valence-electron chi connectivity index (χ4n) is 2.54. The predicted octanol–water partition coefficient (Wildman–Crippen LogP) is 2.82. The van der Waals surface area contributed by atoms with Gasteiger partial charge in [-0.3, -0.25) is 19.8 Å². The van der Waals surface area contributed by atoms with Crippen LogP contribution in [0.2, 0.25) is 0 Å². The van der Waals surface area contributed by atoms with E-state index in [4.69, 9.17) is 22.1 Å². The van der Waals surface area contributed by atoms with Gasteiger partial charge in [0, 0.05) is 7.05 Å². The SMILES string of the molecule is CN1C(=O)/C(=C/c2ccc(OCc3ccc(C(=O)O)cc3)c(I)c2)C(=O)NC1=S. The van der Waals surface area contributed by atoms with Gasteiger partial charge in [-0.1, -0.05) is 18.2 Å². The molecule has 0 aliphatic carbocycles. The monoisotopic (exact) mass is 522 g/mol. The van der Waals surface area contributed by atoms with Crippen LogP contribution in [0, 0.1) is 3.57 Å². The molecule has 0 atom stereocenters. The number of hydrogen-bond donors (Lipinski definition) is 2. The van der Waals surface area contributed by atoms with Gasteiger partial charge in [0.15, 0.2) is 5.11 Å². The van der Waals surface area contributed by atoms with Gasteiger partial charge in [0.05, 0.1) is 9.13 Å². The number of thiocarbonyl (C=S) groups is 1. The first kappa shape index (κ1) is 20.9. The van der Waals surface area contributed by atoms with Crippen molar-refractivity contribution in [2.45, 2.75) is 6.61 Å². The zero-order valence-electron chi connectivity index (χ0n) is 15.1. The molecule has 0 spiro atoms. The highest BCUT2D eigenvalue weighted by Gasteiger charge is 2.30. The van der Waals surface area contributed by atoms with E-state index >= 15 is 0 Å². The summed E-state index contributed by atoms with van der Waals surface area (Å²) in [4.78, 5) is 36.4. The van der Waals surface area contributed by atoms with Gasteiger partial charge in [0.2, 0.25) is 0 Å². The molecule has 3 rings (SSSR count). The lowest BCUT2D eigenvalue weighted by molar-refractivity contribution is -0.128. The second-order valence-corrected chi connectivity index (χ2v) is 7.71. The predicted molar refractivity (Wildman–Crippen MR) is 118 cm³/mol. The second kappa shape index (κ2) is 8.70. The van der Waals surface area contributed by atoms with Gasteiger partial charge in [0.25, 0.3) is 11.8 Å². The first-order chi connectivity index (χ1) is 13.8. The average Bonchev–Trinajstić information content (AvgIpc) is 2.69. The second-order valence-electron chi connectivity index (χ2n) is 6.16. The minimum absolute atomic E-state index is 0.00379.